The van der Waals surface area contributed by atoms with E-state index >= 15 is 0 Å². The molecule has 0 aliphatic carbocycles. The van der Waals surface area contributed by atoms with Crippen LogP contribution >= 0.6 is 0 Å². The van der Waals surface area contributed by atoms with Gasteiger partial charge in [-0.15, -0.1) is 0 Å². The van der Waals surface area contributed by atoms with E-state index in [9.17, 15) is 0 Å². The number of aromatic nitrogens is 1. The van der Waals surface area contributed by atoms with Crippen molar-refractivity contribution in [1.82, 2.24) is 4.57 Å². The molecule has 0 aliphatic rings. The standard InChI is InChI=1S/C13H18N2O/c1-8-5-6-11(16-4)12-10(7-14)9(2)15(3)13(8)12/h5-6H,7,14H2,1-4H3. The molecule has 0 radical (unpaired) electrons. The predicted octanol–water partition coefficient (Wildman–Crippen LogP) is 2.26. The van der Waals surface area contributed by atoms with E-state index in [0.29, 0.717) is 6.54 Å². The minimum Gasteiger partial charge on any atom is -0.496 e. The lowest BCUT2D eigenvalue weighted by molar-refractivity contribution is 0.419. The van der Waals surface area contributed by atoms with Crippen LogP contribution in [0.25, 0.3) is 10.9 Å². The highest BCUT2D eigenvalue weighted by Crippen LogP contribution is 2.34. The molecule has 0 atom stereocenters. The van der Waals surface area contributed by atoms with Gasteiger partial charge in [-0.05, 0) is 31.0 Å². The highest BCUT2D eigenvalue weighted by Gasteiger charge is 2.16. The molecule has 2 aromatic rings. The third-order valence-corrected chi connectivity index (χ3v) is 3.34. The molecule has 0 amide bonds. The smallest absolute Gasteiger partial charge is 0.128 e. The summed E-state index contributed by atoms with van der Waals surface area (Å²) >= 11 is 0. The first-order valence-electron chi connectivity index (χ1n) is 5.43. The number of nitrogens with zero attached hydrogens (tertiary/aromatic N) is 1. The lowest BCUT2D eigenvalue weighted by atomic mass is 10.1. The van der Waals surface area contributed by atoms with Crippen LogP contribution in [0.2, 0.25) is 0 Å². The molecule has 0 bridgehead atoms. The number of fused-ring (bicyclic) bond motifs is 1. The van der Waals surface area contributed by atoms with Crippen molar-refractivity contribution in [3.8, 4) is 5.75 Å². The van der Waals surface area contributed by atoms with Crippen LogP contribution in [0, 0.1) is 13.8 Å². The summed E-state index contributed by atoms with van der Waals surface area (Å²) in [5.41, 5.74) is 10.7. The number of hydrogen-bond donors (Lipinski definition) is 1. The monoisotopic (exact) mass is 218 g/mol. The number of methoxy groups -OCH3 is 1. The molecule has 3 nitrogen and oxygen atoms in total. The summed E-state index contributed by atoms with van der Waals surface area (Å²) < 4.78 is 7.61. The number of rotatable bonds is 2. The summed E-state index contributed by atoms with van der Waals surface area (Å²) in [5, 5.41) is 1.16. The Hall–Kier alpha value is -1.48. The molecule has 0 saturated heterocycles. The number of aryl methyl sites for hydroxylation is 2. The molecule has 0 aliphatic heterocycles. The van der Waals surface area contributed by atoms with Gasteiger partial charge in [0.2, 0.25) is 0 Å². The average Bonchev–Trinajstić information content (AvgIpc) is 2.54. The summed E-state index contributed by atoms with van der Waals surface area (Å²) in [6, 6.07) is 4.09. The topological polar surface area (TPSA) is 40.2 Å². The molecule has 3 heteroatoms. The van der Waals surface area contributed by atoms with Crippen LogP contribution in [0.3, 0.4) is 0 Å². The van der Waals surface area contributed by atoms with Crippen molar-refractivity contribution in [2.75, 3.05) is 7.11 Å². The minimum absolute atomic E-state index is 0.545. The third kappa shape index (κ3) is 1.32. The van der Waals surface area contributed by atoms with E-state index in [1.165, 1.54) is 22.3 Å². The van der Waals surface area contributed by atoms with Crippen LogP contribution in [0.15, 0.2) is 12.1 Å². The van der Waals surface area contributed by atoms with E-state index < -0.39 is 0 Å². The molecule has 0 unspecified atom stereocenters. The quantitative estimate of drug-likeness (QED) is 0.840. The second kappa shape index (κ2) is 3.83. The molecular formula is C13H18N2O. The minimum atomic E-state index is 0.545. The van der Waals surface area contributed by atoms with E-state index in [1.807, 2.05) is 6.07 Å². The Morgan fingerprint density at radius 1 is 1.31 bits per heavy atom. The van der Waals surface area contributed by atoms with Crippen LogP contribution < -0.4 is 10.5 Å². The SMILES string of the molecule is COc1ccc(C)c2c1c(CN)c(C)n2C. The first-order valence-corrected chi connectivity index (χ1v) is 5.43. The molecule has 1 aromatic heterocycles. The van der Waals surface area contributed by atoms with Gasteiger partial charge in [0, 0.05) is 24.7 Å². The zero-order valence-corrected chi connectivity index (χ0v) is 10.3. The van der Waals surface area contributed by atoms with E-state index in [1.54, 1.807) is 7.11 Å². The summed E-state index contributed by atoms with van der Waals surface area (Å²) in [5.74, 6) is 0.907. The zero-order chi connectivity index (χ0) is 11.9. The first kappa shape index (κ1) is 11.0. The Morgan fingerprint density at radius 3 is 2.56 bits per heavy atom. The summed E-state index contributed by atoms with van der Waals surface area (Å²) in [6.07, 6.45) is 0. The van der Waals surface area contributed by atoms with E-state index in [4.69, 9.17) is 10.5 Å². The molecule has 2 rings (SSSR count). The molecule has 16 heavy (non-hydrogen) atoms. The third-order valence-electron chi connectivity index (χ3n) is 3.34. The largest absolute Gasteiger partial charge is 0.496 e. The molecule has 2 N–H and O–H groups in total. The van der Waals surface area contributed by atoms with Gasteiger partial charge in [-0.2, -0.15) is 0 Å². The fraction of sp³-hybridized carbons (Fsp3) is 0.385. The highest BCUT2D eigenvalue weighted by molar-refractivity contribution is 5.93. The normalized spacial score (nSPS) is 11.1. The predicted molar refractivity (Wildman–Crippen MR) is 66.8 cm³/mol. The molecule has 1 aromatic carbocycles. The van der Waals surface area contributed by atoms with Gasteiger partial charge < -0.3 is 15.0 Å². The Morgan fingerprint density at radius 2 is 2.00 bits per heavy atom. The maximum atomic E-state index is 5.83. The van der Waals surface area contributed by atoms with Gasteiger partial charge in [0.15, 0.2) is 0 Å². The molecule has 0 fully saturated rings. The van der Waals surface area contributed by atoms with Gasteiger partial charge in [-0.25, -0.2) is 0 Å². The van der Waals surface area contributed by atoms with Crippen LogP contribution in [-0.2, 0) is 13.6 Å². The average molecular weight is 218 g/mol. The zero-order valence-electron chi connectivity index (χ0n) is 10.3. The fourth-order valence-electron chi connectivity index (χ4n) is 2.37. The summed E-state index contributed by atoms with van der Waals surface area (Å²) in [4.78, 5) is 0. The van der Waals surface area contributed by atoms with Gasteiger partial charge >= 0.3 is 0 Å². The molecule has 0 saturated carbocycles. The van der Waals surface area contributed by atoms with Crippen molar-refractivity contribution in [3.05, 3.63) is 29.0 Å². The highest BCUT2D eigenvalue weighted by atomic mass is 16.5. The Bertz CT molecular complexity index is 541. The Kier molecular flexibility index (Phi) is 2.64. The van der Waals surface area contributed by atoms with Crippen molar-refractivity contribution in [2.45, 2.75) is 20.4 Å². The van der Waals surface area contributed by atoms with Crippen molar-refractivity contribution >= 4 is 10.9 Å². The number of benzene rings is 1. The lowest BCUT2D eigenvalue weighted by Crippen LogP contribution is -1.99. The Labute approximate surface area is 95.8 Å². The van der Waals surface area contributed by atoms with Gasteiger partial charge in [-0.1, -0.05) is 6.07 Å². The maximum absolute atomic E-state index is 5.83. The molecule has 0 spiro atoms. The molecule has 1 heterocycles. The van der Waals surface area contributed by atoms with Crippen molar-refractivity contribution in [1.29, 1.82) is 0 Å². The first-order chi connectivity index (χ1) is 7.61. The van der Waals surface area contributed by atoms with Crippen LogP contribution in [-0.4, -0.2) is 11.7 Å². The summed E-state index contributed by atoms with van der Waals surface area (Å²) in [6.45, 7) is 4.76. The van der Waals surface area contributed by atoms with E-state index in [0.717, 1.165) is 11.1 Å². The van der Waals surface area contributed by atoms with Crippen LogP contribution in [0.5, 0.6) is 5.75 Å². The van der Waals surface area contributed by atoms with Gasteiger partial charge in [0.1, 0.15) is 5.75 Å². The second-order valence-electron chi connectivity index (χ2n) is 4.14. The lowest BCUT2D eigenvalue weighted by Gasteiger charge is -2.06. The van der Waals surface area contributed by atoms with Crippen molar-refractivity contribution in [2.24, 2.45) is 12.8 Å². The van der Waals surface area contributed by atoms with E-state index in [-0.39, 0.29) is 0 Å². The van der Waals surface area contributed by atoms with Gasteiger partial charge in [0.25, 0.3) is 0 Å². The van der Waals surface area contributed by atoms with Crippen LogP contribution in [0.1, 0.15) is 16.8 Å². The van der Waals surface area contributed by atoms with Crippen molar-refractivity contribution < 1.29 is 4.74 Å². The van der Waals surface area contributed by atoms with Gasteiger partial charge in [-0.3, -0.25) is 0 Å². The van der Waals surface area contributed by atoms with Crippen molar-refractivity contribution in [3.63, 3.8) is 0 Å². The summed E-state index contributed by atoms with van der Waals surface area (Å²) in [7, 11) is 3.77. The molecular weight excluding hydrogens is 200 g/mol. The fourth-order valence-corrected chi connectivity index (χ4v) is 2.37. The number of nitrogens with two attached hydrogens (primary N) is 1. The number of hydrogen-bond acceptors (Lipinski definition) is 2. The second-order valence-corrected chi connectivity index (χ2v) is 4.14. The van der Waals surface area contributed by atoms with Crippen LogP contribution in [0.4, 0.5) is 0 Å². The van der Waals surface area contributed by atoms with E-state index in [2.05, 4.69) is 31.5 Å². The maximum Gasteiger partial charge on any atom is 0.128 e. The molecule has 86 valence electrons. The number of ether oxygens (including phenoxy) is 1. The van der Waals surface area contributed by atoms with Gasteiger partial charge in [0.05, 0.1) is 12.6 Å². The Balaban J connectivity index is 2.98.